The highest BCUT2D eigenvalue weighted by atomic mass is 19.4. The summed E-state index contributed by atoms with van der Waals surface area (Å²) in [5.41, 5.74) is 0. The topological polar surface area (TPSA) is 38.7 Å². The van der Waals surface area contributed by atoms with Crippen molar-refractivity contribution in [3.63, 3.8) is 0 Å². The summed E-state index contributed by atoms with van der Waals surface area (Å²) in [6, 6.07) is 0. The van der Waals surface area contributed by atoms with Crippen molar-refractivity contribution in [3.8, 4) is 0 Å². The lowest BCUT2D eigenvalue weighted by Crippen LogP contribution is -2.32. The van der Waals surface area contributed by atoms with Crippen LogP contribution in [0.2, 0.25) is 0 Å². The monoisotopic (exact) mass is 242 g/mol. The zero-order valence-corrected chi connectivity index (χ0v) is 9.00. The molecule has 0 aromatic carbocycles. The van der Waals surface area contributed by atoms with Gasteiger partial charge in [-0.25, -0.2) is 0 Å². The Bertz CT molecular complexity index is 196. The van der Waals surface area contributed by atoms with Gasteiger partial charge in [0.15, 0.2) is 0 Å². The number of aliphatic hydroxyl groups is 1. The van der Waals surface area contributed by atoms with E-state index in [4.69, 9.17) is 4.74 Å². The van der Waals surface area contributed by atoms with Crippen LogP contribution in [0.4, 0.5) is 13.2 Å². The van der Waals surface area contributed by atoms with Crippen LogP contribution in [0.15, 0.2) is 0 Å². The van der Waals surface area contributed by atoms with E-state index in [0.29, 0.717) is 32.5 Å². The summed E-state index contributed by atoms with van der Waals surface area (Å²) in [4.78, 5) is 0. The Kier molecular flexibility index (Phi) is 5.51. The van der Waals surface area contributed by atoms with E-state index in [1.165, 1.54) is 0 Å². The van der Waals surface area contributed by atoms with Crippen LogP contribution in [-0.4, -0.2) is 43.8 Å². The van der Waals surface area contributed by atoms with E-state index in [2.05, 4.69) is 4.74 Å². The number of hydrogen-bond acceptors (Lipinski definition) is 3. The smallest absolute Gasteiger partial charge is 0.393 e. The predicted molar refractivity (Wildman–Crippen MR) is 51.0 cm³/mol. The molecule has 1 saturated heterocycles. The molecule has 0 spiro atoms. The first-order chi connectivity index (χ1) is 7.49. The second kappa shape index (κ2) is 6.42. The third kappa shape index (κ3) is 5.67. The van der Waals surface area contributed by atoms with Crippen molar-refractivity contribution in [3.05, 3.63) is 0 Å². The zero-order valence-electron chi connectivity index (χ0n) is 9.00. The molecule has 1 aliphatic heterocycles. The van der Waals surface area contributed by atoms with E-state index in [1.54, 1.807) is 0 Å². The lowest BCUT2D eigenvalue weighted by molar-refractivity contribution is -0.174. The van der Waals surface area contributed by atoms with Crippen LogP contribution in [0.25, 0.3) is 0 Å². The van der Waals surface area contributed by atoms with E-state index < -0.39 is 18.9 Å². The van der Waals surface area contributed by atoms with Gasteiger partial charge in [0.25, 0.3) is 0 Å². The molecule has 0 aliphatic carbocycles. The normalized spacial score (nSPS) is 27.0. The maximum Gasteiger partial charge on any atom is 0.411 e. The first-order valence-electron chi connectivity index (χ1n) is 5.39. The van der Waals surface area contributed by atoms with Crippen molar-refractivity contribution in [1.29, 1.82) is 0 Å². The number of ether oxygens (including phenoxy) is 2. The lowest BCUT2D eigenvalue weighted by atomic mass is 9.94. The van der Waals surface area contributed by atoms with E-state index in [9.17, 15) is 18.3 Å². The van der Waals surface area contributed by atoms with Crippen molar-refractivity contribution < 1.29 is 27.8 Å². The first kappa shape index (κ1) is 13.7. The second-order valence-corrected chi connectivity index (χ2v) is 4.00. The van der Waals surface area contributed by atoms with Gasteiger partial charge in [-0.05, 0) is 19.3 Å². The highest BCUT2D eigenvalue weighted by Crippen LogP contribution is 2.20. The van der Waals surface area contributed by atoms with Crippen LogP contribution in [0.3, 0.4) is 0 Å². The molecular formula is C10H17F3O3. The molecule has 96 valence electrons. The van der Waals surface area contributed by atoms with Crippen LogP contribution < -0.4 is 0 Å². The largest absolute Gasteiger partial charge is 0.411 e. The van der Waals surface area contributed by atoms with Gasteiger partial charge in [-0.1, -0.05) is 0 Å². The number of rotatable bonds is 5. The van der Waals surface area contributed by atoms with Crippen molar-refractivity contribution in [2.24, 2.45) is 5.92 Å². The standard InChI is InChI=1S/C10H17F3O3/c11-10(12,13)7-16-4-1-2-8-6-15-5-3-9(8)14/h8-9,14H,1-7H2. The molecule has 1 rings (SSSR count). The molecule has 6 heteroatoms. The lowest BCUT2D eigenvalue weighted by Gasteiger charge is -2.27. The minimum absolute atomic E-state index is 0.0308. The molecule has 0 saturated carbocycles. The van der Waals surface area contributed by atoms with Crippen LogP contribution in [0, 0.1) is 5.92 Å². The fraction of sp³-hybridized carbons (Fsp3) is 1.00. The number of alkyl halides is 3. The summed E-state index contributed by atoms with van der Waals surface area (Å²) >= 11 is 0. The average molecular weight is 242 g/mol. The van der Waals surface area contributed by atoms with Gasteiger partial charge in [-0.2, -0.15) is 13.2 Å². The molecule has 16 heavy (non-hydrogen) atoms. The van der Waals surface area contributed by atoms with Gasteiger partial charge in [-0.3, -0.25) is 0 Å². The summed E-state index contributed by atoms with van der Waals surface area (Å²) in [5, 5.41) is 9.55. The minimum atomic E-state index is -4.26. The summed E-state index contributed by atoms with van der Waals surface area (Å²) < 4.78 is 44.8. The molecule has 0 radical (unpaired) electrons. The maximum atomic E-state index is 11.7. The Morgan fingerprint density at radius 1 is 1.38 bits per heavy atom. The number of halogens is 3. The van der Waals surface area contributed by atoms with Gasteiger partial charge < -0.3 is 14.6 Å². The first-order valence-corrected chi connectivity index (χ1v) is 5.39. The molecular weight excluding hydrogens is 225 g/mol. The highest BCUT2D eigenvalue weighted by Gasteiger charge is 2.27. The van der Waals surface area contributed by atoms with E-state index >= 15 is 0 Å². The predicted octanol–water partition coefficient (Wildman–Crippen LogP) is 1.74. The van der Waals surface area contributed by atoms with E-state index in [-0.39, 0.29) is 12.5 Å². The minimum Gasteiger partial charge on any atom is -0.393 e. The highest BCUT2D eigenvalue weighted by molar-refractivity contribution is 4.72. The van der Waals surface area contributed by atoms with Crippen LogP contribution in [0.5, 0.6) is 0 Å². The van der Waals surface area contributed by atoms with E-state index in [0.717, 1.165) is 0 Å². The SMILES string of the molecule is OC1CCOCC1CCCOCC(F)(F)F. The number of hydrogen-bond donors (Lipinski definition) is 1. The molecule has 1 fully saturated rings. The van der Waals surface area contributed by atoms with Gasteiger partial charge >= 0.3 is 6.18 Å². The fourth-order valence-electron chi connectivity index (χ4n) is 1.70. The summed E-state index contributed by atoms with van der Waals surface area (Å²) in [7, 11) is 0. The Labute approximate surface area is 92.5 Å². The Morgan fingerprint density at radius 2 is 2.12 bits per heavy atom. The summed E-state index contributed by atoms with van der Waals surface area (Å²) in [6.07, 6.45) is -2.89. The Hall–Kier alpha value is -0.330. The van der Waals surface area contributed by atoms with Crippen molar-refractivity contribution in [2.75, 3.05) is 26.4 Å². The molecule has 2 atom stereocenters. The van der Waals surface area contributed by atoms with Crippen molar-refractivity contribution in [1.82, 2.24) is 0 Å². The third-order valence-electron chi connectivity index (χ3n) is 2.56. The second-order valence-electron chi connectivity index (χ2n) is 4.00. The molecule has 2 unspecified atom stereocenters. The molecule has 3 nitrogen and oxygen atoms in total. The zero-order chi connectivity index (χ0) is 12.0. The molecule has 0 aromatic rings. The quantitative estimate of drug-likeness (QED) is 0.746. The molecule has 1 N–H and O–H groups in total. The molecule has 1 heterocycles. The van der Waals surface area contributed by atoms with Gasteiger partial charge in [-0.15, -0.1) is 0 Å². The molecule has 0 aromatic heterocycles. The summed E-state index contributed by atoms with van der Waals surface area (Å²) in [5.74, 6) is 0.0308. The fourth-order valence-corrected chi connectivity index (χ4v) is 1.70. The summed E-state index contributed by atoms with van der Waals surface area (Å²) in [6.45, 7) is -0.0812. The molecule has 0 bridgehead atoms. The van der Waals surface area contributed by atoms with Gasteiger partial charge in [0.1, 0.15) is 6.61 Å². The van der Waals surface area contributed by atoms with Crippen LogP contribution in [0.1, 0.15) is 19.3 Å². The van der Waals surface area contributed by atoms with Crippen LogP contribution in [-0.2, 0) is 9.47 Å². The van der Waals surface area contributed by atoms with Crippen LogP contribution >= 0.6 is 0 Å². The molecule has 1 aliphatic rings. The number of aliphatic hydroxyl groups excluding tert-OH is 1. The van der Waals surface area contributed by atoms with Gasteiger partial charge in [0.2, 0.25) is 0 Å². The molecule has 0 amide bonds. The van der Waals surface area contributed by atoms with Gasteiger partial charge in [0, 0.05) is 19.1 Å². The Morgan fingerprint density at radius 3 is 2.75 bits per heavy atom. The third-order valence-corrected chi connectivity index (χ3v) is 2.56. The van der Waals surface area contributed by atoms with Crippen molar-refractivity contribution in [2.45, 2.75) is 31.5 Å². The van der Waals surface area contributed by atoms with Gasteiger partial charge in [0.05, 0.1) is 12.7 Å². The van der Waals surface area contributed by atoms with E-state index in [1.807, 2.05) is 0 Å². The maximum absolute atomic E-state index is 11.7. The average Bonchev–Trinajstić information content (AvgIpc) is 2.18. The van der Waals surface area contributed by atoms with Crippen molar-refractivity contribution >= 4 is 0 Å². The Balaban J connectivity index is 2.02.